The summed E-state index contributed by atoms with van der Waals surface area (Å²) in [5.41, 5.74) is 2.68. The molecule has 2 aliphatic carbocycles. The second-order valence-corrected chi connectivity index (χ2v) is 7.23. The van der Waals surface area contributed by atoms with E-state index in [2.05, 4.69) is 4.57 Å². The zero-order valence-corrected chi connectivity index (χ0v) is 14.1. The van der Waals surface area contributed by atoms with E-state index in [4.69, 9.17) is 0 Å². The Morgan fingerprint density at radius 1 is 1.08 bits per heavy atom. The molecule has 1 saturated heterocycles. The first kappa shape index (κ1) is 15.4. The van der Waals surface area contributed by atoms with Gasteiger partial charge in [0.05, 0.1) is 18.4 Å². The number of likely N-dealkylation sites (tertiary alicyclic amines) is 1. The number of imide groups is 1. The van der Waals surface area contributed by atoms with E-state index in [0.717, 1.165) is 24.2 Å². The van der Waals surface area contributed by atoms with Crippen LogP contribution in [0.4, 0.5) is 0 Å². The van der Waals surface area contributed by atoms with Gasteiger partial charge in [-0.15, -0.1) is 0 Å². The lowest BCUT2D eigenvalue weighted by Crippen LogP contribution is -2.36. The molecule has 2 heterocycles. The highest BCUT2D eigenvalue weighted by Gasteiger charge is 2.47. The fourth-order valence-corrected chi connectivity index (χ4v) is 4.21. The molecule has 4 rings (SSSR count). The molecule has 3 aliphatic rings. The monoisotopic (exact) mass is 326 g/mol. The van der Waals surface area contributed by atoms with Gasteiger partial charge in [-0.25, -0.2) is 0 Å². The summed E-state index contributed by atoms with van der Waals surface area (Å²) in [4.78, 5) is 39.0. The lowest BCUT2D eigenvalue weighted by molar-refractivity contribution is -0.139. The fourth-order valence-electron chi connectivity index (χ4n) is 4.21. The van der Waals surface area contributed by atoms with Gasteiger partial charge in [-0.05, 0) is 45.6 Å². The number of rotatable bonds is 4. The van der Waals surface area contributed by atoms with E-state index in [1.807, 2.05) is 32.1 Å². The van der Waals surface area contributed by atoms with Crippen LogP contribution in [0.5, 0.6) is 0 Å². The van der Waals surface area contributed by atoms with Gasteiger partial charge in [0, 0.05) is 23.0 Å². The zero-order chi connectivity index (χ0) is 17.0. The van der Waals surface area contributed by atoms with Crippen LogP contribution in [0.15, 0.2) is 18.2 Å². The molecule has 0 unspecified atom stereocenters. The molecule has 2 amide bonds. The largest absolute Gasteiger partial charge is 0.345 e. The third-order valence-electron chi connectivity index (χ3n) is 5.60. The molecule has 2 fully saturated rings. The van der Waals surface area contributed by atoms with Gasteiger partial charge in [0.1, 0.15) is 0 Å². The quantitative estimate of drug-likeness (QED) is 0.485. The molecule has 0 aromatic carbocycles. The molecule has 126 valence electrons. The molecule has 0 radical (unpaired) electrons. The molecular formula is C19H22N2O3. The predicted octanol–water partition coefficient (Wildman–Crippen LogP) is 2.57. The number of aromatic nitrogens is 1. The average molecular weight is 326 g/mol. The number of hydrogen-bond acceptors (Lipinski definition) is 3. The molecule has 24 heavy (non-hydrogen) atoms. The summed E-state index contributed by atoms with van der Waals surface area (Å²) in [6.07, 6.45) is 7.45. The van der Waals surface area contributed by atoms with E-state index in [0.29, 0.717) is 24.4 Å². The van der Waals surface area contributed by atoms with Crippen molar-refractivity contribution in [2.75, 3.05) is 6.54 Å². The Balaban J connectivity index is 1.55. The van der Waals surface area contributed by atoms with Gasteiger partial charge in [-0.3, -0.25) is 19.3 Å². The Labute approximate surface area is 141 Å². The minimum absolute atomic E-state index is 0.125. The van der Waals surface area contributed by atoms with Crippen LogP contribution in [0.1, 0.15) is 53.5 Å². The van der Waals surface area contributed by atoms with Crippen LogP contribution in [-0.4, -0.2) is 33.6 Å². The van der Waals surface area contributed by atoms with Gasteiger partial charge in [0.15, 0.2) is 5.78 Å². The summed E-state index contributed by atoms with van der Waals surface area (Å²) in [5, 5.41) is 0. The number of Topliss-reactive ketones (excluding diaryl/α,β-unsaturated/α-hetero) is 1. The van der Waals surface area contributed by atoms with Gasteiger partial charge < -0.3 is 4.57 Å². The maximum atomic E-state index is 12.8. The standard InChI is InChI=1S/C19H22N2O3/c1-11-9-16(12(2)21(11)13-7-8-13)17(22)10-20-18(23)14-5-3-4-6-15(14)19(20)24/h3-4,9,13-15H,5-8,10H2,1-2H3/t14-,15-/m0/s1. The van der Waals surface area contributed by atoms with Crippen molar-refractivity contribution in [1.82, 2.24) is 9.47 Å². The molecule has 0 bridgehead atoms. The number of nitrogens with zero attached hydrogens (tertiary/aromatic N) is 2. The molecular weight excluding hydrogens is 304 g/mol. The SMILES string of the molecule is Cc1cc(C(=O)CN2C(=O)[C@H]3CC=CC[C@@H]3C2=O)c(C)n1C1CC1. The summed E-state index contributed by atoms with van der Waals surface area (Å²) >= 11 is 0. The molecule has 1 aromatic heterocycles. The predicted molar refractivity (Wildman–Crippen MR) is 88.6 cm³/mol. The van der Waals surface area contributed by atoms with Crippen molar-refractivity contribution in [3.63, 3.8) is 0 Å². The van der Waals surface area contributed by atoms with Gasteiger partial charge in [-0.1, -0.05) is 12.2 Å². The number of aryl methyl sites for hydroxylation is 1. The van der Waals surface area contributed by atoms with Gasteiger partial charge in [0.2, 0.25) is 11.8 Å². The van der Waals surface area contributed by atoms with Gasteiger partial charge in [0.25, 0.3) is 0 Å². The number of hydrogen-bond donors (Lipinski definition) is 0. The van der Waals surface area contributed by atoms with E-state index in [-0.39, 0.29) is 36.0 Å². The van der Waals surface area contributed by atoms with Gasteiger partial charge in [-0.2, -0.15) is 0 Å². The number of carbonyl (C=O) groups is 3. The molecule has 1 saturated carbocycles. The molecule has 0 N–H and O–H groups in total. The van der Waals surface area contributed by atoms with Crippen molar-refractivity contribution in [2.24, 2.45) is 11.8 Å². The average Bonchev–Trinajstić information content (AvgIpc) is 3.32. The first-order chi connectivity index (χ1) is 11.5. The van der Waals surface area contributed by atoms with Crippen molar-refractivity contribution in [2.45, 2.75) is 45.6 Å². The number of carbonyl (C=O) groups excluding carboxylic acids is 3. The summed E-state index contributed by atoms with van der Waals surface area (Å²) in [6, 6.07) is 2.41. The maximum absolute atomic E-state index is 12.8. The van der Waals surface area contributed by atoms with Crippen LogP contribution in [0.2, 0.25) is 0 Å². The Morgan fingerprint density at radius 3 is 2.21 bits per heavy atom. The summed E-state index contributed by atoms with van der Waals surface area (Å²) in [6.45, 7) is 3.84. The highest BCUT2D eigenvalue weighted by Crippen LogP contribution is 2.39. The molecule has 2 atom stereocenters. The maximum Gasteiger partial charge on any atom is 0.233 e. The van der Waals surface area contributed by atoms with E-state index in [9.17, 15) is 14.4 Å². The van der Waals surface area contributed by atoms with Gasteiger partial charge >= 0.3 is 0 Å². The number of amides is 2. The first-order valence-electron chi connectivity index (χ1n) is 8.71. The van der Waals surface area contributed by atoms with Crippen molar-refractivity contribution in [3.8, 4) is 0 Å². The van der Waals surface area contributed by atoms with Crippen LogP contribution in [0.3, 0.4) is 0 Å². The summed E-state index contributed by atoms with van der Waals surface area (Å²) < 4.78 is 2.21. The third-order valence-corrected chi connectivity index (χ3v) is 5.60. The van der Waals surface area contributed by atoms with E-state index < -0.39 is 0 Å². The van der Waals surface area contributed by atoms with Crippen molar-refractivity contribution >= 4 is 17.6 Å². The van der Waals surface area contributed by atoms with Crippen LogP contribution in [-0.2, 0) is 9.59 Å². The van der Waals surface area contributed by atoms with E-state index >= 15 is 0 Å². The first-order valence-corrected chi connectivity index (χ1v) is 8.71. The van der Waals surface area contributed by atoms with Crippen molar-refractivity contribution in [3.05, 3.63) is 35.2 Å². The second-order valence-electron chi connectivity index (χ2n) is 7.23. The highest BCUT2D eigenvalue weighted by atomic mass is 16.2. The summed E-state index contributed by atoms with van der Waals surface area (Å²) in [5.74, 6) is -1.04. The van der Waals surface area contributed by atoms with Crippen LogP contribution < -0.4 is 0 Å². The molecule has 1 aliphatic heterocycles. The molecule has 1 aromatic rings. The van der Waals surface area contributed by atoms with E-state index in [1.54, 1.807) is 0 Å². The molecule has 5 heteroatoms. The number of allylic oxidation sites excluding steroid dienone is 2. The fraction of sp³-hybridized carbons (Fsp3) is 0.526. The highest BCUT2D eigenvalue weighted by molar-refractivity contribution is 6.10. The minimum Gasteiger partial charge on any atom is -0.345 e. The lowest BCUT2D eigenvalue weighted by atomic mass is 9.85. The molecule has 5 nitrogen and oxygen atoms in total. The Bertz CT molecular complexity index is 744. The Morgan fingerprint density at radius 2 is 1.67 bits per heavy atom. The van der Waals surface area contributed by atoms with Crippen LogP contribution in [0, 0.1) is 25.7 Å². The third kappa shape index (κ3) is 2.26. The normalized spacial score (nSPS) is 26.2. The lowest BCUT2D eigenvalue weighted by Gasteiger charge is -2.14. The van der Waals surface area contributed by atoms with Crippen molar-refractivity contribution < 1.29 is 14.4 Å². The van der Waals surface area contributed by atoms with Crippen LogP contribution >= 0.6 is 0 Å². The molecule has 0 spiro atoms. The topological polar surface area (TPSA) is 59.4 Å². The van der Waals surface area contributed by atoms with Crippen LogP contribution in [0.25, 0.3) is 0 Å². The minimum atomic E-state index is -0.269. The van der Waals surface area contributed by atoms with Crippen molar-refractivity contribution in [1.29, 1.82) is 0 Å². The summed E-state index contributed by atoms with van der Waals surface area (Å²) in [7, 11) is 0. The Kier molecular flexibility index (Phi) is 3.48. The number of fused-ring (bicyclic) bond motifs is 1. The Hall–Kier alpha value is -2.17. The second kappa shape index (κ2) is 5.43. The smallest absolute Gasteiger partial charge is 0.233 e. The zero-order valence-electron chi connectivity index (χ0n) is 14.1. The number of ketones is 1. The van der Waals surface area contributed by atoms with E-state index in [1.165, 1.54) is 4.90 Å².